The smallest absolute Gasteiger partial charge is 0.317 e. The zero-order valence-electron chi connectivity index (χ0n) is 12.1. The molecule has 0 radical (unpaired) electrons. The lowest BCUT2D eigenvalue weighted by atomic mass is 9.66. The van der Waals surface area contributed by atoms with Crippen LogP contribution < -0.4 is 5.32 Å². The number of likely N-dealkylation sites (tertiary alicyclic amines) is 1. The highest BCUT2D eigenvalue weighted by Gasteiger charge is 2.39. The van der Waals surface area contributed by atoms with E-state index in [4.69, 9.17) is 9.84 Å². The first-order chi connectivity index (χ1) is 9.54. The molecule has 1 aliphatic carbocycles. The van der Waals surface area contributed by atoms with Gasteiger partial charge in [-0.25, -0.2) is 4.79 Å². The molecule has 0 aromatic rings. The molecule has 0 spiro atoms. The molecular weight excluding hydrogens is 260 g/mol. The number of urea groups is 1. The summed E-state index contributed by atoms with van der Waals surface area (Å²) in [6.45, 7) is 2.65. The highest BCUT2D eigenvalue weighted by atomic mass is 16.5. The van der Waals surface area contributed by atoms with Gasteiger partial charge in [-0.2, -0.15) is 0 Å². The predicted octanol–water partition coefficient (Wildman–Crippen LogP) is 1.31. The Hall–Kier alpha value is -1.30. The van der Waals surface area contributed by atoms with Crippen molar-refractivity contribution in [1.82, 2.24) is 10.2 Å². The molecule has 2 rings (SSSR count). The van der Waals surface area contributed by atoms with E-state index in [1.165, 1.54) is 0 Å². The lowest BCUT2D eigenvalue weighted by molar-refractivity contribution is -0.141. The van der Waals surface area contributed by atoms with Gasteiger partial charge in [0.25, 0.3) is 0 Å². The van der Waals surface area contributed by atoms with E-state index >= 15 is 0 Å². The van der Waals surface area contributed by atoms with Crippen molar-refractivity contribution in [3.05, 3.63) is 0 Å². The largest absolute Gasteiger partial charge is 0.481 e. The molecule has 2 amide bonds. The molecule has 2 N–H and O–H groups in total. The standard InChI is InChI=1S/C14H24N2O4/c1-20-9-11-3-6-16(8-11)13(19)15-10-14(4-2-5-14)7-12(17)18/h11H,2-10H2,1H3,(H,15,19)(H,17,18). The fourth-order valence-electron chi connectivity index (χ4n) is 3.18. The van der Waals surface area contributed by atoms with Crippen LogP contribution in [0.25, 0.3) is 0 Å². The van der Waals surface area contributed by atoms with Crippen molar-refractivity contribution in [3.8, 4) is 0 Å². The van der Waals surface area contributed by atoms with Crippen LogP contribution in [0.4, 0.5) is 4.79 Å². The molecule has 2 aliphatic rings. The van der Waals surface area contributed by atoms with Crippen LogP contribution in [0, 0.1) is 11.3 Å². The normalized spacial score (nSPS) is 24.2. The molecule has 0 bridgehead atoms. The molecule has 0 aromatic carbocycles. The monoisotopic (exact) mass is 284 g/mol. The highest BCUT2D eigenvalue weighted by molar-refractivity contribution is 5.74. The second-order valence-corrected chi connectivity index (χ2v) is 6.14. The van der Waals surface area contributed by atoms with Crippen LogP contribution in [0.5, 0.6) is 0 Å². The van der Waals surface area contributed by atoms with Crippen molar-refractivity contribution < 1.29 is 19.4 Å². The van der Waals surface area contributed by atoms with Crippen LogP contribution in [0.1, 0.15) is 32.1 Å². The minimum Gasteiger partial charge on any atom is -0.481 e. The maximum Gasteiger partial charge on any atom is 0.317 e. The summed E-state index contributed by atoms with van der Waals surface area (Å²) >= 11 is 0. The minimum atomic E-state index is -0.778. The Morgan fingerprint density at radius 3 is 2.75 bits per heavy atom. The van der Waals surface area contributed by atoms with E-state index in [1.54, 1.807) is 12.0 Å². The highest BCUT2D eigenvalue weighted by Crippen LogP contribution is 2.43. The summed E-state index contributed by atoms with van der Waals surface area (Å²) < 4.78 is 5.11. The van der Waals surface area contributed by atoms with Gasteiger partial charge in [-0.3, -0.25) is 4.79 Å². The number of nitrogens with one attached hydrogen (secondary N) is 1. The number of hydrogen-bond donors (Lipinski definition) is 2. The summed E-state index contributed by atoms with van der Waals surface area (Å²) in [7, 11) is 1.68. The molecule has 20 heavy (non-hydrogen) atoms. The fraction of sp³-hybridized carbons (Fsp3) is 0.857. The van der Waals surface area contributed by atoms with Gasteiger partial charge >= 0.3 is 12.0 Å². The van der Waals surface area contributed by atoms with E-state index < -0.39 is 5.97 Å². The van der Waals surface area contributed by atoms with E-state index in [9.17, 15) is 9.59 Å². The molecule has 0 aromatic heterocycles. The number of methoxy groups -OCH3 is 1. The lowest BCUT2D eigenvalue weighted by Gasteiger charge is -2.41. The lowest BCUT2D eigenvalue weighted by Crippen LogP contribution is -2.47. The second-order valence-electron chi connectivity index (χ2n) is 6.14. The molecule has 2 fully saturated rings. The first kappa shape index (κ1) is 15.1. The Labute approximate surface area is 119 Å². The van der Waals surface area contributed by atoms with E-state index in [-0.39, 0.29) is 17.9 Å². The van der Waals surface area contributed by atoms with Crippen molar-refractivity contribution >= 4 is 12.0 Å². The molecule has 1 saturated heterocycles. The van der Waals surface area contributed by atoms with Gasteiger partial charge in [0, 0.05) is 32.7 Å². The van der Waals surface area contributed by atoms with E-state index in [0.717, 1.165) is 38.8 Å². The summed E-state index contributed by atoms with van der Waals surface area (Å²) in [5, 5.41) is 11.9. The molecule has 1 heterocycles. The van der Waals surface area contributed by atoms with Crippen molar-refractivity contribution in [2.75, 3.05) is 33.4 Å². The fourth-order valence-corrected chi connectivity index (χ4v) is 3.18. The molecule has 1 saturated carbocycles. The average Bonchev–Trinajstić information content (AvgIpc) is 2.81. The van der Waals surface area contributed by atoms with Gasteiger partial charge in [0.2, 0.25) is 0 Å². The van der Waals surface area contributed by atoms with Crippen LogP contribution in [-0.2, 0) is 9.53 Å². The molecule has 1 atom stereocenters. The van der Waals surface area contributed by atoms with Crippen LogP contribution in [0.2, 0.25) is 0 Å². The third kappa shape index (κ3) is 3.62. The predicted molar refractivity (Wildman–Crippen MR) is 73.5 cm³/mol. The number of carbonyl (C=O) groups is 2. The van der Waals surface area contributed by atoms with Crippen molar-refractivity contribution in [2.24, 2.45) is 11.3 Å². The zero-order valence-corrected chi connectivity index (χ0v) is 12.1. The van der Waals surface area contributed by atoms with E-state index in [1.807, 2.05) is 0 Å². The number of carbonyl (C=O) groups excluding carboxylic acids is 1. The van der Waals surface area contributed by atoms with Gasteiger partial charge in [-0.1, -0.05) is 6.42 Å². The summed E-state index contributed by atoms with van der Waals surface area (Å²) in [6.07, 6.45) is 3.97. The van der Waals surface area contributed by atoms with Gasteiger partial charge in [0.05, 0.1) is 13.0 Å². The SMILES string of the molecule is COCC1CCN(C(=O)NCC2(CC(=O)O)CCC2)C1. The van der Waals surface area contributed by atoms with Crippen LogP contribution >= 0.6 is 0 Å². The Bertz CT molecular complexity index is 368. The Morgan fingerprint density at radius 1 is 1.45 bits per heavy atom. The molecule has 6 heteroatoms. The topological polar surface area (TPSA) is 78.9 Å². The van der Waals surface area contributed by atoms with Gasteiger partial charge < -0.3 is 20.1 Å². The van der Waals surface area contributed by atoms with Crippen LogP contribution in [0.15, 0.2) is 0 Å². The van der Waals surface area contributed by atoms with Gasteiger partial charge in [-0.05, 0) is 24.7 Å². The van der Waals surface area contributed by atoms with E-state index in [2.05, 4.69) is 5.32 Å². The van der Waals surface area contributed by atoms with Crippen molar-refractivity contribution in [1.29, 1.82) is 0 Å². The summed E-state index contributed by atoms with van der Waals surface area (Å²) in [4.78, 5) is 24.8. The van der Waals surface area contributed by atoms with Gasteiger partial charge in [0.15, 0.2) is 0 Å². The molecule has 1 aliphatic heterocycles. The second kappa shape index (κ2) is 6.43. The zero-order chi connectivity index (χ0) is 14.6. The quantitative estimate of drug-likeness (QED) is 0.771. The number of carboxylic acid groups (broad SMARTS) is 1. The molecular formula is C14H24N2O4. The third-order valence-corrected chi connectivity index (χ3v) is 4.53. The summed E-state index contributed by atoms with van der Waals surface area (Å²) in [5.74, 6) is -0.359. The first-order valence-electron chi connectivity index (χ1n) is 7.28. The maximum atomic E-state index is 12.1. The number of aliphatic carboxylic acids is 1. The van der Waals surface area contributed by atoms with Crippen molar-refractivity contribution in [2.45, 2.75) is 32.1 Å². The van der Waals surface area contributed by atoms with Gasteiger partial charge in [0.1, 0.15) is 0 Å². The number of hydrogen-bond acceptors (Lipinski definition) is 3. The average molecular weight is 284 g/mol. The summed E-state index contributed by atoms with van der Waals surface area (Å²) in [6, 6.07) is -0.0692. The Kier molecular flexibility index (Phi) is 4.86. The maximum absolute atomic E-state index is 12.1. The van der Waals surface area contributed by atoms with Crippen molar-refractivity contribution in [3.63, 3.8) is 0 Å². The molecule has 114 valence electrons. The van der Waals surface area contributed by atoms with Gasteiger partial charge in [-0.15, -0.1) is 0 Å². The van der Waals surface area contributed by atoms with E-state index in [0.29, 0.717) is 19.1 Å². The number of carboxylic acids is 1. The van der Waals surface area contributed by atoms with Crippen LogP contribution in [-0.4, -0.2) is 55.4 Å². The minimum absolute atomic E-state index is 0.0692. The molecule has 1 unspecified atom stereocenters. The summed E-state index contributed by atoms with van der Waals surface area (Å²) in [5.41, 5.74) is -0.215. The van der Waals surface area contributed by atoms with Crippen LogP contribution in [0.3, 0.4) is 0 Å². The Morgan fingerprint density at radius 2 is 2.20 bits per heavy atom. The first-order valence-corrected chi connectivity index (χ1v) is 7.28. The number of amides is 2. The Balaban J connectivity index is 1.76. The number of rotatable bonds is 6. The third-order valence-electron chi connectivity index (χ3n) is 4.53. The number of ether oxygens (including phenoxy) is 1. The molecule has 6 nitrogen and oxygen atoms in total. The number of nitrogens with zero attached hydrogens (tertiary/aromatic N) is 1.